The molecule has 1 heterocycles. The molecular formula is C19H18F2N2O3. The second-order valence-electron chi connectivity index (χ2n) is 6.02. The summed E-state index contributed by atoms with van der Waals surface area (Å²) in [7, 11) is 0. The molecule has 2 amide bonds. The van der Waals surface area contributed by atoms with Gasteiger partial charge in [0.1, 0.15) is 18.2 Å². The number of hydrogen-bond donors (Lipinski definition) is 1. The van der Waals surface area contributed by atoms with Gasteiger partial charge in [-0.05, 0) is 42.0 Å². The number of carbonyl (C=O) groups is 2. The molecule has 5 nitrogen and oxygen atoms in total. The number of ether oxygens (including phenoxy) is 1. The normalized spacial score (nSPS) is 17.2. The molecule has 136 valence electrons. The van der Waals surface area contributed by atoms with Gasteiger partial charge in [-0.25, -0.2) is 8.78 Å². The predicted molar refractivity (Wildman–Crippen MR) is 91.6 cm³/mol. The first-order valence-corrected chi connectivity index (χ1v) is 8.20. The third kappa shape index (κ3) is 4.64. The van der Waals surface area contributed by atoms with Crippen LogP contribution in [0.3, 0.4) is 0 Å². The highest BCUT2D eigenvalue weighted by Crippen LogP contribution is 2.19. The van der Waals surface area contributed by atoms with E-state index < -0.39 is 0 Å². The van der Waals surface area contributed by atoms with Crippen molar-refractivity contribution in [3.63, 3.8) is 0 Å². The molecule has 1 fully saturated rings. The first kappa shape index (κ1) is 18.0. The van der Waals surface area contributed by atoms with Gasteiger partial charge < -0.3 is 15.0 Å². The van der Waals surface area contributed by atoms with Crippen molar-refractivity contribution < 1.29 is 23.1 Å². The molecule has 1 aliphatic heterocycles. The van der Waals surface area contributed by atoms with Gasteiger partial charge in [0.25, 0.3) is 5.91 Å². The molecule has 1 saturated heterocycles. The van der Waals surface area contributed by atoms with E-state index in [9.17, 15) is 18.4 Å². The summed E-state index contributed by atoms with van der Waals surface area (Å²) in [6.07, 6.45) is -0.233. The fourth-order valence-corrected chi connectivity index (χ4v) is 2.70. The van der Waals surface area contributed by atoms with Crippen molar-refractivity contribution in [1.82, 2.24) is 5.32 Å². The Morgan fingerprint density at radius 1 is 1.08 bits per heavy atom. The highest BCUT2D eigenvalue weighted by Gasteiger charge is 2.27. The minimum absolute atomic E-state index is 0.101. The molecule has 0 aliphatic carbocycles. The van der Waals surface area contributed by atoms with E-state index in [1.165, 1.54) is 41.3 Å². The Hall–Kier alpha value is -2.80. The molecular weight excluding hydrogens is 342 g/mol. The summed E-state index contributed by atoms with van der Waals surface area (Å²) in [6, 6.07) is 11.4. The van der Waals surface area contributed by atoms with Crippen LogP contribution in [0.4, 0.5) is 14.5 Å². The third-order valence-corrected chi connectivity index (χ3v) is 4.07. The van der Waals surface area contributed by atoms with Gasteiger partial charge in [0, 0.05) is 12.2 Å². The van der Waals surface area contributed by atoms with Crippen molar-refractivity contribution in [2.24, 2.45) is 0 Å². The molecule has 1 aliphatic rings. The molecule has 0 spiro atoms. The van der Waals surface area contributed by atoms with Crippen LogP contribution >= 0.6 is 0 Å². The fraction of sp³-hybridized carbons (Fsp3) is 0.263. The minimum Gasteiger partial charge on any atom is -0.365 e. The Kier molecular flexibility index (Phi) is 5.58. The standard InChI is InChI=1S/C19H18F2N2O3/c20-14-3-1-13(2-4-14)9-18(24)22-10-17-11-23(19(25)12-26-17)16-7-5-15(21)6-8-16/h1-8,17H,9-12H2,(H,22,24). The van der Waals surface area contributed by atoms with E-state index in [1.54, 1.807) is 12.1 Å². The number of carbonyl (C=O) groups excluding carboxylic acids is 2. The third-order valence-electron chi connectivity index (χ3n) is 4.07. The number of anilines is 1. The lowest BCUT2D eigenvalue weighted by molar-refractivity contribution is -0.129. The van der Waals surface area contributed by atoms with Crippen LogP contribution in [-0.2, 0) is 20.7 Å². The fourth-order valence-electron chi connectivity index (χ4n) is 2.70. The summed E-state index contributed by atoms with van der Waals surface area (Å²) in [5.74, 6) is -1.16. The van der Waals surface area contributed by atoms with Crippen molar-refractivity contribution >= 4 is 17.5 Å². The second kappa shape index (κ2) is 8.05. The summed E-state index contributed by atoms with van der Waals surface area (Å²) in [6.45, 7) is 0.405. The molecule has 7 heteroatoms. The van der Waals surface area contributed by atoms with E-state index >= 15 is 0 Å². The number of halogens is 2. The minimum atomic E-state index is -0.376. The van der Waals surface area contributed by atoms with Gasteiger partial charge in [-0.1, -0.05) is 12.1 Å². The van der Waals surface area contributed by atoms with Crippen molar-refractivity contribution in [2.45, 2.75) is 12.5 Å². The quantitative estimate of drug-likeness (QED) is 0.888. The first-order chi connectivity index (χ1) is 12.5. The number of rotatable bonds is 5. The summed E-state index contributed by atoms with van der Waals surface area (Å²) in [5.41, 5.74) is 1.29. The molecule has 1 atom stereocenters. The number of amides is 2. The van der Waals surface area contributed by atoms with E-state index in [-0.39, 0.29) is 55.7 Å². The largest absolute Gasteiger partial charge is 0.365 e. The zero-order valence-electron chi connectivity index (χ0n) is 14.0. The zero-order valence-corrected chi connectivity index (χ0v) is 14.0. The topological polar surface area (TPSA) is 58.6 Å². The van der Waals surface area contributed by atoms with Gasteiger partial charge in [-0.3, -0.25) is 9.59 Å². The van der Waals surface area contributed by atoms with E-state index in [0.29, 0.717) is 11.3 Å². The van der Waals surface area contributed by atoms with Gasteiger partial charge in [-0.15, -0.1) is 0 Å². The molecule has 2 aromatic rings. The SMILES string of the molecule is O=C(Cc1ccc(F)cc1)NCC1CN(c2ccc(F)cc2)C(=O)CO1. The first-order valence-electron chi connectivity index (χ1n) is 8.20. The maximum Gasteiger partial charge on any atom is 0.253 e. The summed E-state index contributed by atoms with van der Waals surface area (Å²) < 4.78 is 31.4. The number of nitrogens with zero attached hydrogens (tertiary/aromatic N) is 1. The van der Waals surface area contributed by atoms with Crippen LogP contribution in [0, 0.1) is 11.6 Å². The summed E-state index contributed by atoms with van der Waals surface area (Å²) in [4.78, 5) is 25.5. The van der Waals surface area contributed by atoms with Gasteiger partial charge in [0.15, 0.2) is 0 Å². The molecule has 0 radical (unpaired) electrons. The lowest BCUT2D eigenvalue weighted by Crippen LogP contribution is -2.50. The number of benzene rings is 2. The Morgan fingerprint density at radius 3 is 2.35 bits per heavy atom. The average Bonchev–Trinajstić information content (AvgIpc) is 2.64. The Bertz CT molecular complexity index is 778. The van der Waals surface area contributed by atoms with E-state index in [1.807, 2.05) is 0 Å². The van der Waals surface area contributed by atoms with Gasteiger partial charge in [-0.2, -0.15) is 0 Å². The maximum absolute atomic E-state index is 13.0. The van der Waals surface area contributed by atoms with Crippen LogP contribution in [-0.4, -0.2) is 37.6 Å². The van der Waals surface area contributed by atoms with Crippen molar-refractivity contribution in [2.75, 3.05) is 24.6 Å². The van der Waals surface area contributed by atoms with Crippen LogP contribution in [0.25, 0.3) is 0 Å². The average molecular weight is 360 g/mol. The number of nitrogens with one attached hydrogen (secondary N) is 1. The Morgan fingerprint density at radius 2 is 1.69 bits per heavy atom. The zero-order chi connectivity index (χ0) is 18.5. The Balaban J connectivity index is 1.53. The monoisotopic (exact) mass is 360 g/mol. The van der Waals surface area contributed by atoms with Crippen LogP contribution in [0.5, 0.6) is 0 Å². The lowest BCUT2D eigenvalue weighted by atomic mass is 10.1. The number of hydrogen-bond acceptors (Lipinski definition) is 3. The van der Waals surface area contributed by atoms with Gasteiger partial charge in [0.05, 0.1) is 19.1 Å². The lowest BCUT2D eigenvalue weighted by Gasteiger charge is -2.32. The molecule has 0 saturated carbocycles. The molecule has 2 aromatic carbocycles. The predicted octanol–water partition coefficient (Wildman–Crippen LogP) is 2.06. The van der Waals surface area contributed by atoms with Crippen LogP contribution in [0.2, 0.25) is 0 Å². The van der Waals surface area contributed by atoms with Crippen LogP contribution in [0.15, 0.2) is 48.5 Å². The van der Waals surface area contributed by atoms with Crippen LogP contribution in [0.1, 0.15) is 5.56 Å². The molecule has 1 N–H and O–H groups in total. The molecule has 0 bridgehead atoms. The molecule has 1 unspecified atom stereocenters. The van der Waals surface area contributed by atoms with E-state index in [4.69, 9.17) is 4.74 Å². The highest BCUT2D eigenvalue weighted by molar-refractivity contribution is 5.95. The molecule has 26 heavy (non-hydrogen) atoms. The van der Waals surface area contributed by atoms with Gasteiger partial charge in [0.2, 0.25) is 5.91 Å². The number of morpholine rings is 1. The smallest absolute Gasteiger partial charge is 0.253 e. The van der Waals surface area contributed by atoms with E-state index in [2.05, 4.69) is 5.32 Å². The highest BCUT2D eigenvalue weighted by atomic mass is 19.1. The van der Waals surface area contributed by atoms with Crippen molar-refractivity contribution in [3.05, 3.63) is 65.7 Å². The maximum atomic E-state index is 13.0. The Labute approximate surface area is 149 Å². The second-order valence-corrected chi connectivity index (χ2v) is 6.02. The van der Waals surface area contributed by atoms with E-state index in [0.717, 1.165) is 0 Å². The van der Waals surface area contributed by atoms with Gasteiger partial charge >= 0.3 is 0 Å². The molecule has 3 rings (SSSR count). The van der Waals surface area contributed by atoms with Crippen LogP contribution < -0.4 is 10.2 Å². The summed E-state index contributed by atoms with van der Waals surface area (Å²) in [5, 5.41) is 2.76. The van der Waals surface area contributed by atoms with Crippen molar-refractivity contribution in [3.8, 4) is 0 Å². The van der Waals surface area contributed by atoms with Crippen molar-refractivity contribution in [1.29, 1.82) is 0 Å². The molecule has 0 aromatic heterocycles. The summed E-state index contributed by atoms with van der Waals surface area (Å²) >= 11 is 0.